The zero-order valence-electron chi connectivity index (χ0n) is 14.5. The Balaban J connectivity index is 1.78. The van der Waals surface area contributed by atoms with E-state index in [0.717, 1.165) is 22.5 Å². The van der Waals surface area contributed by atoms with Crippen LogP contribution in [0.4, 0.5) is 0 Å². The van der Waals surface area contributed by atoms with Gasteiger partial charge in [-0.3, -0.25) is 0 Å². The molecule has 1 aromatic carbocycles. The van der Waals surface area contributed by atoms with E-state index in [1.165, 1.54) is 6.21 Å². The van der Waals surface area contributed by atoms with Crippen LogP contribution < -0.4 is 5.46 Å². The third-order valence-corrected chi connectivity index (χ3v) is 4.69. The minimum Gasteiger partial charge on any atom is -0.399 e. The topological polar surface area (TPSA) is 71.0 Å². The number of nitrogens with zero attached hydrogens (tertiary/aromatic N) is 1. The second-order valence-electron chi connectivity index (χ2n) is 6.92. The molecule has 0 amide bonds. The Hall–Kier alpha value is -2.18. The molecular weight excluding hydrogens is 301 g/mol. The van der Waals surface area contributed by atoms with Gasteiger partial charge in [-0.2, -0.15) is 0 Å². The van der Waals surface area contributed by atoms with Crippen molar-refractivity contribution < 1.29 is 9.31 Å². The molecule has 124 valence electrons. The van der Waals surface area contributed by atoms with Gasteiger partial charge < -0.3 is 19.7 Å². The zero-order valence-corrected chi connectivity index (χ0v) is 14.5. The van der Waals surface area contributed by atoms with E-state index in [-0.39, 0.29) is 18.3 Å². The number of imidazole rings is 1. The highest BCUT2D eigenvalue weighted by atomic mass is 16.7. The Labute approximate surface area is 142 Å². The van der Waals surface area contributed by atoms with Gasteiger partial charge in [-0.25, -0.2) is 4.98 Å². The number of allylic oxidation sites excluding steroid dienone is 1. The summed E-state index contributed by atoms with van der Waals surface area (Å²) in [7, 11) is -0.350. The number of nitrogens with one attached hydrogen (secondary N) is 2. The smallest absolute Gasteiger partial charge is 0.399 e. The van der Waals surface area contributed by atoms with Crippen LogP contribution in [0.25, 0.3) is 17.3 Å². The van der Waals surface area contributed by atoms with Gasteiger partial charge in [-0.15, -0.1) is 0 Å². The summed E-state index contributed by atoms with van der Waals surface area (Å²) in [4.78, 5) is 7.49. The second kappa shape index (κ2) is 6.04. The van der Waals surface area contributed by atoms with E-state index in [1.54, 1.807) is 18.3 Å². The van der Waals surface area contributed by atoms with Crippen molar-refractivity contribution in [3.63, 3.8) is 0 Å². The summed E-state index contributed by atoms with van der Waals surface area (Å²) in [5.41, 5.74) is 2.30. The molecule has 0 unspecified atom stereocenters. The van der Waals surface area contributed by atoms with E-state index in [4.69, 9.17) is 14.7 Å². The Bertz CT molecular complexity index is 747. The molecule has 0 atom stereocenters. The third-order valence-electron chi connectivity index (χ3n) is 4.69. The maximum absolute atomic E-state index is 7.01. The Morgan fingerprint density at radius 1 is 1.08 bits per heavy atom. The molecule has 0 radical (unpaired) electrons. The molecular formula is C18H22BN3O2. The zero-order chi connectivity index (χ0) is 17.4. The van der Waals surface area contributed by atoms with Crippen molar-refractivity contribution in [1.82, 2.24) is 9.97 Å². The van der Waals surface area contributed by atoms with Gasteiger partial charge in [0.25, 0.3) is 0 Å². The number of hydrogen-bond donors (Lipinski definition) is 2. The lowest BCUT2D eigenvalue weighted by atomic mass is 9.79. The predicted molar refractivity (Wildman–Crippen MR) is 97.6 cm³/mol. The number of benzene rings is 1. The molecule has 1 aliphatic heterocycles. The molecule has 0 bridgehead atoms. The first-order valence-electron chi connectivity index (χ1n) is 8.00. The number of aromatic nitrogens is 2. The third kappa shape index (κ3) is 3.07. The number of hydrogen-bond acceptors (Lipinski definition) is 4. The van der Waals surface area contributed by atoms with Crippen LogP contribution in [0.2, 0.25) is 0 Å². The molecule has 0 spiro atoms. The Kier molecular flexibility index (Phi) is 4.19. The van der Waals surface area contributed by atoms with Crippen LogP contribution in [0.1, 0.15) is 33.5 Å². The molecule has 1 aromatic heterocycles. The van der Waals surface area contributed by atoms with Crippen molar-refractivity contribution in [3.8, 4) is 11.3 Å². The highest BCUT2D eigenvalue weighted by molar-refractivity contribution is 6.62. The number of rotatable bonds is 4. The van der Waals surface area contributed by atoms with Crippen molar-refractivity contribution >= 4 is 24.9 Å². The van der Waals surface area contributed by atoms with Crippen LogP contribution in [0, 0.1) is 5.41 Å². The van der Waals surface area contributed by atoms with Gasteiger partial charge in [0, 0.05) is 6.21 Å². The second-order valence-corrected chi connectivity index (χ2v) is 6.92. The van der Waals surface area contributed by atoms with Gasteiger partial charge in [0.05, 0.1) is 23.1 Å². The average molecular weight is 323 g/mol. The lowest BCUT2D eigenvalue weighted by molar-refractivity contribution is 0.00578. The van der Waals surface area contributed by atoms with E-state index in [9.17, 15) is 0 Å². The van der Waals surface area contributed by atoms with Gasteiger partial charge in [0.15, 0.2) is 0 Å². The summed E-state index contributed by atoms with van der Waals surface area (Å²) in [6.45, 7) is 8.20. The quantitative estimate of drug-likeness (QED) is 0.671. The van der Waals surface area contributed by atoms with Crippen LogP contribution in [0.15, 0.2) is 36.5 Å². The van der Waals surface area contributed by atoms with E-state index < -0.39 is 0 Å². The molecule has 0 saturated carbocycles. The number of aromatic amines is 1. The molecule has 0 aliphatic carbocycles. The monoisotopic (exact) mass is 323 g/mol. The SMILES string of the molecule is CC1(C)OB(c2ccc(-c3cnc(/C=C\C=N)[nH]3)cc2)OC1(C)C. The largest absolute Gasteiger partial charge is 0.494 e. The average Bonchev–Trinajstić information content (AvgIpc) is 3.08. The fourth-order valence-electron chi connectivity index (χ4n) is 2.51. The summed E-state index contributed by atoms with van der Waals surface area (Å²) in [6, 6.07) is 8.09. The molecule has 1 aliphatic rings. The normalized spacial score (nSPS) is 19.1. The first kappa shape index (κ1) is 16.7. The van der Waals surface area contributed by atoms with Crippen molar-refractivity contribution in [2.24, 2.45) is 0 Å². The minimum absolute atomic E-state index is 0.337. The van der Waals surface area contributed by atoms with Crippen LogP contribution in [-0.2, 0) is 9.31 Å². The molecule has 2 heterocycles. The molecule has 24 heavy (non-hydrogen) atoms. The van der Waals surface area contributed by atoms with Crippen molar-refractivity contribution in [2.45, 2.75) is 38.9 Å². The molecule has 1 saturated heterocycles. The highest BCUT2D eigenvalue weighted by Crippen LogP contribution is 2.36. The van der Waals surface area contributed by atoms with E-state index in [0.29, 0.717) is 0 Å². The molecule has 5 nitrogen and oxygen atoms in total. The Morgan fingerprint density at radius 3 is 2.29 bits per heavy atom. The Morgan fingerprint density at radius 2 is 1.71 bits per heavy atom. The van der Waals surface area contributed by atoms with Crippen LogP contribution in [-0.4, -0.2) is 34.5 Å². The summed E-state index contributed by atoms with van der Waals surface area (Å²) >= 11 is 0. The molecule has 3 rings (SSSR count). The maximum Gasteiger partial charge on any atom is 0.494 e. The first-order valence-corrected chi connectivity index (χ1v) is 8.00. The summed E-state index contributed by atoms with van der Waals surface area (Å²) in [5.74, 6) is 0.725. The lowest BCUT2D eigenvalue weighted by Gasteiger charge is -2.32. The fraction of sp³-hybridized carbons (Fsp3) is 0.333. The van der Waals surface area contributed by atoms with Crippen LogP contribution in [0.3, 0.4) is 0 Å². The molecule has 2 N–H and O–H groups in total. The van der Waals surface area contributed by atoms with Gasteiger partial charge in [0.1, 0.15) is 5.82 Å². The first-order chi connectivity index (χ1) is 11.3. The summed E-state index contributed by atoms with van der Waals surface area (Å²) in [5, 5.41) is 7.01. The van der Waals surface area contributed by atoms with Gasteiger partial charge in [-0.1, -0.05) is 24.3 Å². The van der Waals surface area contributed by atoms with Crippen molar-refractivity contribution in [1.29, 1.82) is 5.41 Å². The molecule has 6 heteroatoms. The predicted octanol–water partition coefficient (Wildman–Crippen LogP) is 3.04. The summed E-state index contributed by atoms with van der Waals surface area (Å²) in [6.07, 6.45) is 6.40. The highest BCUT2D eigenvalue weighted by Gasteiger charge is 2.51. The van der Waals surface area contributed by atoms with Gasteiger partial charge in [-0.05, 0) is 50.9 Å². The van der Waals surface area contributed by atoms with Gasteiger partial charge in [0.2, 0.25) is 0 Å². The van der Waals surface area contributed by atoms with Crippen molar-refractivity contribution in [2.75, 3.05) is 0 Å². The fourth-order valence-corrected chi connectivity index (χ4v) is 2.51. The number of H-pyrrole nitrogens is 1. The van der Waals surface area contributed by atoms with Gasteiger partial charge >= 0.3 is 7.12 Å². The molecule has 2 aromatic rings. The van der Waals surface area contributed by atoms with E-state index >= 15 is 0 Å². The standard InChI is InChI=1S/C18H22BN3O2/c1-17(2)18(3,4)24-19(23-17)14-9-7-13(8-10-14)15-12-21-16(22-15)6-5-11-20/h5-12,20H,1-4H3,(H,21,22)/b6-5-,20-11?. The summed E-state index contributed by atoms with van der Waals surface area (Å²) < 4.78 is 12.1. The van der Waals surface area contributed by atoms with E-state index in [1.807, 2.05) is 24.3 Å². The minimum atomic E-state index is -0.350. The maximum atomic E-state index is 7.01. The lowest BCUT2D eigenvalue weighted by Crippen LogP contribution is -2.41. The van der Waals surface area contributed by atoms with Crippen molar-refractivity contribution in [3.05, 3.63) is 42.4 Å². The van der Waals surface area contributed by atoms with Crippen LogP contribution in [0.5, 0.6) is 0 Å². The molecule has 1 fully saturated rings. The van der Waals surface area contributed by atoms with E-state index in [2.05, 4.69) is 37.7 Å². The van der Waals surface area contributed by atoms with Crippen LogP contribution >= 0.6 is 0 Å².